The minimum Gasteiger partial charge on any atom is -0.356 e. The van der Waals surface area contributed by atoms with E-state index in [2.05, 4.69) is 24.0 Å². The highest BCUT2D eigenvalue weighted by Crippen LogP contribution is 2.26. The van der Waals surface area contributed by atoms with Crippen LogP contribution < -0.4 is 5.46 Å². The van der Waals surface area contributed by atoms with Crippen molar-refractivity contribution < 1.29 is 4.74 Å². The number of fused-ring (bicyclic) bond motifs is 1. The molecule has 0 aliphatic carbocycles. The third-order valence-electron chi connectivity index (χ3n) is 3.30. The summed E-state index contributed by atoms with van der Waals surface area (Å²) in [5, 5.41) is 5.72. The smallest absolute Gasteiger partial charge is 0.160 e. The van der Waals surface area contributed by atoms with Crippen molar-refractivity contribution in [2.75, 3.05) is 6.61 Å². The van der Waals surface area contributed by atoms with Crippen molar-refractivity contribution in [1.29, 1.82) is 0 Å². The third-order valence-corrected chi connectivity index (χ3v) is 3.30. The highest BCUT2D eigenvalue weighted by atomic mass is 16.5. The van der Waals surface area contributed by atoms with Crippen LogP contribution in [0.3, 0.4) is 0 Å². The van der Waals surface area contributed by atoms with Crippen LogP contribution in [0.2, 0.25) is 0 Å². The van der Waals surface area contributed by atoms with Crippen LogP contribution in [-0.2, 0) is 4.74 Å². The molecular weight excluding hydrogens is 213 g/mol. The second-order valence-corrected chi connectivity index (χ2v) is 4.74. The molecule has 5 heteroatoms. The molecule has 3 heterocycles. The lowest BCUT2D eigenvalue weighted by Gasteiger charge is -2.22. The Bertz CT molecular complexity index is 546. The van der Waals surface area contributed by atoms with E-state index in [1.165, 1.54) is 11.9 Å². The van der Waals surface area contributed by atoms with Gasteiger partial charge in [0.05, 0.1) is 5.69 Å². The van der Waals surface area contributed by atoms with Crippen molar-refractivity contribution in [3.05, 3.63) is 18.0 Å². The van der Waals surface area contributed by atoms with E-state index >= 15 is 0 Å². The van der Waals surface area contributed by atoms with Crippen molar-refractivity contribution in [2.45, 2.75) is 32.4 Å². The maximum atomic E-state index is 5.78. The normalized spacial score (nSPS) is 20.9. The van der Waals surface area contributed by atoms with Crippen LogP contribution in [0.25, 0.3) is 11.0 Å². The molecule has 1 aliphatic rings. The molecule has 0 amide bonds. The molecule has 1 fully saturated rings. The number of hydrogen-bond acceptors (Lipinski definition) is 3. The predicted molar refractivity (Wildman–Crippen MR) is 69.3 cm³/mol. The van der Waals surface area contributed by atoms with Gasteiger partial charge >= 0.3 is 0 Å². The first kappa shape index (κ1) is 10.8. The second-order valence-electron chi connectivity index (χ2n) is 4.74. The maximum Gasteiger partial charge on any atom is 0.160 e. The van der Waals surface area contributed by atoms with Crippen LogP contribution >= 0.6 is 0 Å². The van der Waals surface area contributed by atoms with Gasteiger partial charge in [0.1, 0.15) is 7.85 Å². The Morgan fingerprint density at radius 3 is 3.12 bits per heavy atom. The van der Waals surface area contributed by atoms with Crippen molar-refractivity contribution in [1.82, 2.24) is 14.8 Å². The first-order valence-corrected chi connectivity index (χ1v) is 6.19. The van der Waals surface area contributed by atoms with E-state index in [-0.39, 0.29) is 6.23 Å². The standard InChI is InChI=1S/C12H16BN3O/c1-8-10-6-9(13)7-14-12(10)16(15-8)11-4-2-3-5-17-11/h6-7,11H,2-5,13H2,1H3. The molecule has 2 aromatic heterocycles. The molecule has 1 aliphatic heterocycles. The van der Waals surface area contributed by atoms with E-state index in [9.17, 15) is 0 Å². The van der Waals surface area contributed by atoms with E-state index < -0.39 is 0 Å². The number of ether oxygens (including phenoxy) is 1. The van der Waals surface area contributed by atoms with Gasteiger partial charge in [-0.3, -0.25) is 0 Å². The molecule has 0 saturated carbocycles. The van der Waals surface area contributed by atoms with Gasteiger partial charge in [-0.15, -0.1) is 0 Å². The molecule has 0 aromatic carbocycles. The summed E-state index contributed by atoms with van der Waals surface area (Å²) in [5.74, 6) is 0. The lowest BCUT2D eigenvalue weighted by molar-refractivity contribution is -0.0371. The minimum absolute atomic E-state index is 0.0650. The molecule has 1 unspecified atom stereocenters. The molecule has 1 atom stereocenters. The van der Waals surface area contributed by atoms with Crippen molar-refractivity contribution >= 4 is 24.3 Å². The lowest BCUT2D eigenvalue weighted by Crippen LogP contribution is -2.19. The second kappa shape index (κ2) is 4.15. The average molecular weight is 229 g/mol. The third kappa shape index (κ3) is 1.84. The van der Waals surface area contributed by atoms with Gasteiger partial charge in [0.25, 0.3) is 0 Å². The Balaban J connectivity index is 2.10. The minimum atomic E-state index is 0.0650. The summed E-state index contributed by atoms with van der Waals surface area (Å²) in [4.78, 5) is 4.50. The first-order chi connectivity index (χ1) is 8.25. The van der Waals surface area contributed by atoms with Gasteiger partial charge in [-0.05, 0) is 26.2 Å². The highest BCUT2D eigenvalue weighted by molar-refractivity contribution is 6.32. The Hall–Kier alpha value is -1.36. The zero-order valence-corrected chi connectivity index (χ0v) is 10.3. The van der Waals surface area contributed by atoms with Crippen LogP contribution in [0.4, 0.5) is 0 Å². The van der Waals surface area contributed by atoms with Gasteiger partial charge in [-0.1, -0.05) is 11.5 Å². The molecule has 0 spiro atoms. The molecule has 17 heavy (non-hydrogen) atoms. The molecule has 1 saturated heterocycles. The zero-order chi connectivity index (χ0) is 11.8. The Morgan fingerprint density at radius 2 is 2.35 bits per heavy atom. The fraction of sp³-hybridized carbons (Fsp3) is 0.500. The number of rotatable bonds is 1. The number of hydrogen-bond donors (Lipinski definition) is 0. The monoisotopic (exact) mass is 229 g/mol. The van der Waals surface area contributed by atoms with E-state index in [0.29, 0.717) is 0 Å². The summed E-state index contributed by atoms with van der Waals surface area (Å²) < 4.78 is 7.72. The largest absolute Gasteiger partial charge is 0.356 e. The molecule has 0 N–H and O–H groups in total. The Morgan fingerprint density at radius 1 is 1.47 bits per heavy atom. The van der Waals surface area contributed by atoms with Crippen LogP contribution in [0.15, 0.2) is 12.3 Å². The quantitative estimate of drug-likeness (QED) is 0.675. The number of nitrogens with zero attached hydrogens (tertiary/aromatic N) is 3. The predicted octanol–water partition coefficient (Wildman–Crippen LogP) is 0.697. The molecule has 4 nitrogen and oxygen atoms in total. The van der Waals surface area contributed by atoms with Crippen molar-refractivity contribution in [3.63, 3.8) is 0 Å². The molecule has 3 rings (SSSR count). The van der Waals surface area contributed by atoms with E-state index in [0.717, 1.165) is 36.2 Å². The number of pyridine rings is 1. The molecule has 2 aromatic rings. The van der Waals surface area contributed by atoms with E-state index in [1.54, 1.807) is 0 Å². The lowest BCUT2D eigenvalue weighted by atomic mass is 9.98. The Kier molecular flexibility index (Phi) is 2.63. The van der Waals surface area contributed by atoms with Crippen molar-refractivity contribution in [2.24, 2.45) is 0 Å². The van der Waals surface area contributed by atoms with Crippen LogP contribution in [-0.4, -0.2) is 29.2 Å². The Labute approximate surface area is 101 Å². The summed E-state index contributed by atoms with van der Waals surface area (Å²) in [6.45, 7) is 2.86. The van der Waals surface area contributed by atoms with Crippen LogP contribution in [0.5, 0.6) is 0 Å². The first-order valence-electron chi connectivity index (χ1n) is 6.19. The van der Waals surface area contributed by atoms with Gasteiger partial charge in [0, 0.05) is 18.2 Å². The summed E-state index contributed by atoms with van der Waals surface area (Å²) in [6, 6.07) is 2.14. The van der Waals surface area contributed by atoms with Gasteiger partial charge < -0.3 is 4.74 Å². The summed E-state index contributed by atoms with van der Waals surface area (Å²) in [6.07, 6.45) is 5.35. The molecular formula is C12H16BN3O. The highest BCUT2D eigenvalue weighted by Gasteiger charge is 2.20. The summed E-state index contributed by atoms with van der Waals surface area (Å²) in [7, 11) is 2.06. The van der Waals surface area contributed by atoms with Gasteiger partial charge in [0.2, 0.25) is 0 Å². The van der Waals surface area contributed by atoms with Gasteiger partial charge in [-0.2, -0.15) is 5.10 Å². The van der Waals surface area contributed by atoms with Crippen molar-refractivity contribution in [3.8, 4) is 0 Å². The molecule has 0 bridgehead atoms. The molecule has 0 radical (unpaired) electrons. The maximum absolute atomic E-state index is 5.78. The van der Waals surface area contributed by atoms with E-state index in [1.807, 2.05) is 17.8 Å². The number of aromatic nitrogens is 3. The van der Waals surface area contributed by atoms with E-state index in [4.69, 9.17) is 4.74 Å². The number of aryl methyl sites for hydroxylation is 1. The topological polar surface area (TPSA) is 39.9 Å². The summed E-state index contributed by atoms with van der Waals surface area (Å²) >= 11 is 0. The zero-order valence-electron chi connectivity index (χ0n) is 10.3. The van der Waals surface area contributed by atoms with Gasteiger partial charge in [0.15, 0.2) is 11.9 Å². The van der Waals surface area contributed by atoms with Gasteiger partial charge in [-0.25, -0.2) is 9.67 Å². The molecule has 88 valence electrons. The van der Waals surface area contributed by atoms with Crippen LogP contribution in [0.1, 0.15) is 31.2 Å². The van der Waals surface area contributed by atoms with Crippen LogP contribution in [0, 0.1) is 6.92 Å². The SMILES string of the molecule is Bc1cnc2c(c1)c(C)nn2C1CCCCO1. The fourth-order valence-corrected chi connectivity index (χ4v) is 2.39. The average Bonchev–Trinajstić information content (AvgIpc) is 2.68. The summed E-state index contributed by atoms with van der Waals surface area (Å²) in [5.41, 5.74) is 3.15. The fourth-order valence-electron chi connectivity index (χ4n) is 2.39.